The van der Waals surface area contributed by atoms with Crippen molar-refractivity contribution < 1.29 is 0 Å². The number of imidazole rings is 1. The third kappa shape index (κ3) is 1.84. The van der Waals surface area contributed by atoms with E-state index in [2.05, 4.69) is 14.5 Å². The van der Waals surface area contributed by atoms with Gasteiger partial charge in [-0.2, -0.15) is 0 Å². The topological polar surface area (TPSA) is 56.7 Å². The quantitative estimate of drug-likeness (QED) is 0.841. The van der Waals surface area contributed by atoms with Crippen LogP contribution < -0.4 is 5.73 Å². The molecule has 84 valence electrons. The Kier molecular flexibility index (Phi) is 3.01. The van der Waals surface area contributed by atoms with Crippen molar-refractivity contribution in [3.8, 4) is 11.3 Å². The van der Waals surface area contributed by atoms with Crippen LogP contribution >= 0.6 is 0 Å². The average molecular weight is 216 g/mol. The number of hydrogen-bond acceptors (Lipinski definition) is 3. The Balaban J connectivity index is 2.49. The zero-order valence-corrected chi connectivity index (χ0v) is 9.64. The molecule has 4 heteroatoms. The summed E-state index contributed by atoms with van der Waals surface area (Å²) in [5, 5.41) is 0. The number of pyridine rings is 1. The standard InChI is InChI=1S/C12H16N4/c1-9-12(10-4-7-14-8-5-10)16(2)11(15-9)3-6-13/h4-5,7-8H,3,6,13H2,1-2H3. The molecule has 0 radical (unpaired) electrons. The van der Waals surface area contributed by atoms with E-state index in [4.69, 9.17) is 5.73 Å². The Labute approximate surface area is 95.1 Å². The fourth-order valence-electron chi connectivity index (χ4n) is 1.96. The first-order valence-corrected chi connectivity index (χ1v) is 5.36. The zero-order chi connectivity index (χ0) is 11.5. The van der Waals surface area contributed by atoms with Crippen molar-refractivity contribution in [3.05, 3.63) is 36.0 Å². The van der Waals surface area contributed by atoms with Gasteiger partial charge in [0.1, 0.15) is 5.82 Å². The summed E-state index contributed by atoms with van der Waals surface area (Å²) in [6, 6.07) is 3.99. The molecule has 4 nitrogen and oxygen atoms in total. The SMILES string of the molecule is Cc1nc(CCN)n(C)c1-c1ccncc1. The summed E-state index contributed by atoms with van der Waals surface area (Å²) >= 11 is 0. The van der Waals surface area contributed by atoms with Crippen LogP contribution in [-0.4, -0.2) is 21.1 Å². The molecule has 0 aliphatic rings. The van der Waals surface area contributed by atoms with Gasteiger partial charge in [0, 0.05) is 31.4 Å². The second-order valence-electron chi connectivity index (χ2n) is 3.80. The van der Waals surface area contributed by atoms with Crippen LogP contribution in [0.3, 0.4) is 0 Å². The maximum Gasteiger partial charge on any atom is 0.110 e. The molecule has 2 aromatic rings. The molecular formula is C12H16N4. The van der Waals surface area contributed by atoms with Gasteiger partial charge in [0.2, 0.25) is 0 Å². The minimum absolute atomic E-state index is 0.625. The zero-order valence-electron chi connectivity index (χ0n) is 9.64. The highest BCUT2D eigenvalue weighted by molar-refractivity contribution is 5.62. The number of aromatic nitrogens is 3. The summed E-state index contributed by atoms with van der Waals surface area (Å²) in [5.41, 5.74) is 8.89. The highest BCUT2D eigenvalue weighted by Gasteiger charge is 2.12. The molecule has 2 heterocycles. The number of rotatable bonds is 3. The van der Waals surface area contributed by atoms with Crippen molar-refractivity contribution in [2.24, 2.45) is 12.8 Å². The minimum atomic E-state index is 0.625. The Morgan fingerprint density at radius 2 is 2.00 bits per heavy atom. The molecule has 0 bridgehead atoms. The lowest BCUT2D eigenvalue weighted by Gasteiger charge is -2.05. The van der Waals surface area contributed by atoms with Crippen LogP contribution in [0.25, 0.3) is 11.3 Å². The molecule has 16 heavy (non-hydrogen) atoms. The van der Waals surface area contributed by atoms with Gasteiger partial charge in [-0.15, -0.1) is 0 Å². The molecule has 0 aromatic carbocycles. The fraction of sp³-hybridized carbons (Fsp3) is 0.333. The van der Waals surface area contributed by atoms with E-state index in [1.807, 2.05) is 26.1 Å². The summed E-state index contributed by atoms with van der Waals surface area (Å²) in [4.78, 5) is 8.56. The van der Waals surface area contributed by atoms with Crippen LogP contribution in [0.2, 0.25) is 0 Å². The summed E-state index contributed by atoms with van der Waals surface area (Å²) in [5.74, 6) is 1.03. The maximum atomic E-state index is 5.56. The van der Waals surface area contributed by atoms with E-state index in [0.717, 1.165) is 29.2 Å². The molecule has 2 N–H and O–H groups in total. The molecule has 0 unspecified atom stereocenters. The molecule has 0 aliphatic carbocycles. The molecule has 0 fully saturated rings. The summed E-state index contributed by atoms with van der Waals surface area (Å²) in [7, 11) is 2.03. The van der Waals surface area contributed by atoms with Gasteiger partial charge >= 0.3 is 0 Å². The van der Waals surface area contributed by atoms with Gasteiger partial charge in [-0.1, -0.05) is 0 Å². The van der Waals surface area contributed by atoms with Crippen molar-refractivity contribution in [3.63, 3.8) is 0 Å². The molecule has 2 rings (SSSR count). The lowest BCUT2D eigenvalue weighted by molar-refractivity contribution is 0.781. The highest BCUT2D eigenvalue weighted by Crippen LogP contribution is 2.23. The number of nitrogens with two attached hydrogens (primary N) is 1. The Morgan fingerprint density at radius 1 is 1.31 bits per heavy atom. The van der Waals surface area contributed by atoms with E-state index >= 15 is 0 Å². The minimum Gasteiger partial charge on any atom is -0.331 e. The molecule has 2 aromatic heterocycles. The first-order chi connectivity index (χ1) is 7.74. The van der Waals surface area contributed by atoms with Crippen LogP contribution in [0.5, 0.6) is 0 Å². The third-order valence-electron chi connectivity index (χ3n) is 2.68. The Morgan fingerprint density at radius 3 is 2.62 bits per heavy atom. The van der Waals surface area contributed by atoms with Crippen LogP contribution in [-0.2, 0) is 13.5 Å². The van der Waals surface area contributed by atoms with E-state index in [-0.39, 0.29) is 0 Å². The first kappa shape index (κ1) is 10.8. The summed E-state index contributed by atoms with van der Waals surface area (Å²) in [6.07, 6.45) is 4.40. The Bertz CT molecular complexity index is 473. The van der Waals surface area contributed by atoms with Crippen LogP contribution in [0.1, 0.15) is 11.5 Å². The predicted molar refractivity (Wildman–Crippen MR) is 63.9 cm³/mol. The van der Waals surface area contributed by atoms with Gasteiger partial charge in [-0.05, 0) is 25.6 Å². The number of hydrogen-bond donors (Lipinski definition) is 1. The fourth-order valence-corrected chi connectivity index (χ4v) is 1.96. The molecule has 0 atom stereocenters. The number of aryl methyl sites for hydroxylation is 1. The van der Waals surface area contributed by atoms with Gasteiger partial charge < -0.3 is 10.3 Å². The Hall–Kier alpha value is -1.68. The second-order valence-corrected chi connectivity index (χ2v) is 3.80. The van der Waals surface area contributed by atoms with E-state index in [9.17, 15) is 0 Å². The van der Waals surface area contributed by atoms with Gasteiger partial charge in [-0.25, -0.2) is 4.98 Å². The third-order valence-corrected chi connectivity index (χ3v) is 2.68. The molecule has 0 spiro atoms. The molecule has 0 saturated heterocycles. The van der Waals surface area contributed by atoms with Crippen molar-refractivity contribution in [1.29, 1.82) is 0 Å². The van der Waals surface area contributed by atoms with E-state index < -0.39 is 0 Å². The molecule has 0 aliphatic heterocycles. The van der Waals surface area contributed by atoms with Gasteiger partial charge in [0.05, 0.1) is 11.4 Å². The highest BCUT2D eigenvalue weighted by atomic mass is 15.1. The monoisotopic (exact) mass is 216 g/mol. The lowest BCUT2D eigenvalue weighted by atomic mass is 10.1. The van der Waals surface area contributed by atoms with Crippen LogP contribution in [0, 0.1) is 6.92 Å². The van der Waals surface area contributed by atoms with Crippen molar-refractivity contribution in [2.45, 2.75) is 13.3 Å². The second kappa shape index (κ2) is 4.45. The van der Waals surface area contributed by atoms with Crippen molar-refractivity contribution in [1.82, 2.24) is 14.5 Å². The number of nitrogens with zero attached hydrogens (tertiary/aromatic N) is 3. The first-order valence-electron chi connectivity index (χ1n) is 5.36. The van der Waals surface area contributed by atoms with Crippen molar-refractivity contribution >= 4 is 0 Å². The van der Waals surface area contributed by atoms with E-state index in [1.54, 1.807) is 12.4 Å². The normalized spacial score (nSPS) is 10.7. The smallest absolute Gasteiger partial charge is 0.110 e. The molecule has 0 saturated carbocycles. The van der Waals surface area contributed by atoms with E-state index in [1.165, 1.54) is 0 Å². The van der Waals surface area contributed by atoms with Gasteiger partial charge in [-0.3, -0.25) is 4.98 Å². The van der Waals surface area contributed by atoms with Gasteiger partial charge in [0.15, 0.2) is 0 Å². The molecular weight excluding hydrogens is 200 g/mol. The average Bonchev–Trinajstić information content (AvgIpc) is 2.56. The van der Waals surface area contributed by atoms with E-state index in [0.29, 0.717) is 6.54 Å². The summed E-state index contributed by atoms with van der Waals surface area (Å²) < 4.78 is 2.11. The predicted octanol–water partition coefficient (Wildman–Crippen LogP) is 1.29. The summed E-state index contributed by atoms with van der Waals surface area (Å²) in [6.45, 7) is 2.65. The van der Waals surface area contributed by atoms with Crippen LogP contribution in [0.4, 0.5) is 0 Å². The molecule has 0 amide bonds. The van der Waals surface area contributed by atoms with Gasteiger partial charge in [0.25, 0.3) is 0 Å². The van der Waals surface area contributed by atoms with Crippen LogP contribution in [0.15, 0.2) is 24.5 Å². The largest absolute Gasteiger partial charge is 0.331 e. The van der Waals surface area contributed by atoms with Crippen molar-refractivity contribution in [2.75, 3.05) is 6.54 Å². The lowest BCUT2D eigenvalue weighted by Crippen LogP contribution is -2.08. The maximum absolute atomic E-state index is 5.56.